The zero-order valence-electron chi connectivity index (χ0n) is 20.5. The number of benzene rings is 2. The van der Waals surface area contributed by atoms with Crippen LogP contribution in [0.3, 0.4) is 0 Å². The van der Waals surface area contributed by atoms with E-state index < -0.39 is 6.67 Å². The van der Waals surface area contributed by atoms with E-state index in [1.165, 1.54) is 11.1 Å². The van der Waals surface area contributed by atoms with Gasteiger partial charge in [-0.1, -0.05) is 42.5 Å². The first kappa shape index (κ1) is 24.6. The maximum atomic E-state index is 13.3. The van der Waals surface area contributed by atoms with Crippen molar-refractivity contribution in [2.75, 3.05) is 46.1 Å². The summed E-state index contributed by atoms with van der Waals surface area (Å²) < 4.78 is 23.5. The minimum Gasteiger partial charge on any atom is -0.491 e. The molecule has 0 spiro atoms. The molecule has 5 rings (SSSR count). The van der Waals surface area contributed by atoms with Gasteiger partial charge in [-0.2, -0.15) is 0 Å². The number of likely N-dealkylation sites (tertiary alicyclic amines) is 2. The molecule has 0 aromatic heterocycles. The number of carbonyl (C=O) groups excluding carboxylic acids is 2. The fourth-order valence-electron chi connectivity index (χ4n) is 5.82. The highest BCUT2D eigenvalue weighted by Gasteiger charge is 2.38. The minimum atomic E-state index is -0.507. The number of alkyl halides is 1. The van der Waals surface area contributed by atoms with Crippen molar-refractivity contribution in [2.45, 2.75) is 37.3 Å². The van der Waals surface area contributed by atoms with Gasteiger partial charge in [0.15, 0.2) is 0 Å². The van der Waals surface area contributed by atoms with Crippen LogP contribution in [0.4, 0.5) is 9.18 Å². The predicted molar refractivity (Wildman–Crippen MR) is 134 cm³/mol. The molecule has 3 saturated heterocycles. The van der Waals surface area contributed by atoms with E-state index in [0.717, 1.165) is 19.3 Å². The number of piperidine rings is 2. The Hall–Kier alpha value is -3.13. The normalized spacial score (nSPS) is 23.5. The Bertz CT molecular complexity index is 1030. The lowest BCUT2D eigenvalue weighted by molar-refractivity contribution is -0.139. The van der Waals surface area contributed by atoms with E-state index in [2.05, 4.69) is 41.7 Å². The summed E-state index contributed by atoms with van der Waals surface area (Å²) in [5.41, 5.74) is 2.46. The predicted octanol–water partition coefficient (Wildman–Crippen LogP) is 3.59. The molecular formula is C28H34FN3O4. The highest BCUT2D eigenvalue weighted by molar-refractivity contribution is 5.79. The number of hydrogen-bond acceptors (Lipinski definition) is 4. The number of nitrogens with one attached hydrogen (secondary N) is 1. The van der Waals surface area contributed by atoms with Crippen LogP contribution < -0.4 is 10.1 Å². The second-order valence-electron chi connectivity index (χ2n) is 9.86. The number of amides is 3. The van der Waals surface area contributed by atoms with Crippen LogP contribution in [0.2, 0.25) is 0 Å². The van der Waals surface area contributed by atoms with E-state index >= 15 is 0 Å². The molecule has 0 bridgehead atoms. The highest BCUT2D eigenvalue weighted by Crippen LogP contribution is 2.38. The number of ether oxygens (including phenoxy) is 2. The lowest BCUT2D eigenvalue weighted by atomic mass is 9.76. The van der Waals surface area contributed by atoms with Crippen LogP contribution in [-0.4, -0.2) is 80.0 Å². The van der Waals surface area contributed by atoms with Gasteiger partial charge in [-0.3, -0.25) is 4.79 Å². The monoisotopic (exact) mass is 495 g/mol. The summed E-state index contributed by atoms with van der Waals surface area (Å²) in [5, 5.41) is 2.98. The third-order valence-electron chi connectivity index (χ3n) is 7.62. The Morgan fingerprint density at radius 3 is 2.42 bits per heavy atom. The lowest BCUT2D eigenvalue weighted by Crippen LogP contribution is -2.62. The zero-order chi connectivity index (χ0) is 24.9. The number of morpholine rings is 1. The Morgan fingerprint density at radius 2 is 1.69 bits per heavy atom. The second kappa shape index (κ2) is 11.3. The van der Waals surface area contributed by atoms with Gasteiger partial charge in [-0.15, -0.1) is 0 Å². The van der Waals surface area contributed by atoms with Gasteiger partial charge in [0.2, 0.25) is 5.91 Å². The molecule has 3 amide bonds. The third kappa shape index (κ3) is 5.48. The molecule has 1 N–H and O–H groups in total. The van der Waals surface area contributed by atoms with Crippen LogP contribution in [0.5, 0.6) is 5.75 Å². The minimum absolute atomic E-state index is 0.00196. The van der Waals surface area contributed by atoms with E-state index in [0.29, 0.717) is 37.8 Å². The molecule has 3 aliphatic rings. The summed E-state index contributed by atoms with van der Waals surface area (Å²) >= 11 is 0. The third-order valence-corrected chi connectivity index (χ3v) is 7.62. The Balaban J connectivity index is 1.24. The molecule has 8 heteroatoms. The fourth-order valence-corrected chi connectivity index (χ4v) is 5.82. The van der Waals surface area contributed by atoms with Gasteiger partial charge in [-0.25, -0.2) is 9.18 Å². The van der Waals surface area contributed by atoms with Crippen molar-refractivity contribution >= 4 is 11.9 Å². The molecule has 0 radical (unpaired) electrons. The molecule has 192 valence electrons. The van der Waals surface area contributed by atoms with Crippen LogP contribution in [0.25, 0.3) is 0 Å². The number of nitrogens with zero attached hydrogens (tertiary/aromatic N) is 2. The standard InChI is InChI=1S/C28H34FN3O4/c29-13-17-35-23-8-6-21(7-9-23)27(20-4-2-1-3-5-20)22-10-14-31(15-11-22)28(34)32-16-12-25-24(18-32)30-26(33)19-36-25/h1-9,22,24-25,27H,10-19H2,(H,30,33)/t24-,25?,27+/m1/s1. The molecule has 3 aliphatic heterocycles. The second-order valence-corrected chi connectivity index (χ2v) is 9.86. The first-order valence-electron chi connectivity index (χ1n) is 12.9. The van der Waals surface area contributed by atoms with Crippen LogP contribution >= 0.6 is 0 Å². The van der Waals surface area contributed by atoms with Crippen molar-refractivity contribution in [3.63, 3.8) is 0 Å². The van der Waals surface area contributed by atoms with Gasteiger partial charge in [0.25, 0.3) is 0 Å². The van der Waals surface area contributed by atoms with Crippen LogP contribution in [0, 0.1) is 5.92 Å². The molecule has 2 aromatic carbocycles. The van der Waals surface area contributed by atoms with Crippen LogP contribution in [-0.2, 0) is 9.53 Å². The van der Waals surface area contributed by atoms with Crippen molar-refractivity contribution in [1.29, 1.82) is 0 Å². The molecule has 0 saturated carbocycles. The number of rotatable bonds is 6. The molecule has 7 nitrogen and oxygen atoms in total. The number of urea groups is 1. The van der Waals surface area contributed by atoms with Crippen LogP contribution in [0.1, 0.15) is 36.3 Å². The van der Waals surface area contributed by atoms with Crippen molar-refractivity contribution in [3.8, 4) is 5.75 Å². The van der Waals surface area contributed by atoms with E-state index in [1.807, 2.05) is 28.0 Å². The summed E-state index contributed by atoms with van der Waals surface area (Å²) in [6.07, 6.45) is 2.56. The van der Waals surface area contributed by atoms with Crippen molar-refractivity contribution in [1.82, 2.24) is 15.1 Å². The molecular weight excluding hydrogens is 461 g/mol. The topological polar surface area (TPSA) is 71.1 Å². The van der Waals surface area contributed by atoms with Crippen LogP contribution in [0.15, 0.2) is 54.6 Å². The molecule has 3 atom stereocenters. The van der Waals surface area contributed by atoms with E-state index in [-0.39, 0.29) is 43.2 Å². The lowest BCUT2D eigenvalue weighted by Gasteiger charge is -2.44. The fraction of sp³-hybridized carbons (Fsp3) is 0.500. The maximum absolute atomic E-state index is 13.3. The number of hydrogen-bond donors (Lipinski definition) is 1. The summed E-state index contributed by atoms with van der Waals surface area (Å²) in [4.78, 5) is 28.8. The van der Waals surface area contributed by atoms with Crippen molar-refractivity contribution < 1.29 is 23.5 Å². The molecule has 3 fully saturated rings. The Morgan fingerprint density at radius 1 is 1.00 bits per heavy atom. The first-order valence-corrected chi connectivity index (χ1v) is 12.9. The SMILES string of the molecule is O=C1COC2CCN(C(=O)N3CCC([C@@H](c4ccccc4)c4ccc(OCCF)cc4)CC3)C[C@H]2N1. The van der Waals surface area contributed by atoms with E-state index in [1.54, 1.807) is 0 Å². The van der Waals surface area contributed by atoms with Crippen molar-refractivity contribution in [2.24, 2.45) is 5.92 Å². The summed E-state index contributed by atoms with van der Waals surface area (Å²) in [7, 11) is 0. The molecule has 2 aromatic rings. The zero-order valence-corrected chi connectivity index (χ0v) is 20.5. The first-order chi connectivity index (χ1) is 17.6. The van der Waals surface area contributed by atoms with Gasteiger partial charge < -0.3 is 24.6 Å². The summed E-state index contributed by atoms with van der Waals surface area (Å²) in [6, 6.07) is 18.4. The number of carbonyl (C=O) groups is 2. The summed E-state index contributed by atoms with van der Waals surface area (Å²) in [5.74, 6) is 1.17. The van der Waals surface area contributed by atoms with Gasteiger partial charge >= 0.3 is 6.03 Å². The largest absolute Gasteiger partial charge is 0.491 e. The van der Waals surface area contributed by atoms with Gasteiger partial charge in [0, 0.05) is 32.1 Å². The number of fused-ring (bicyclic) bond motifs is 1. The van der Waals surface area contributed by atoms with Gasteiger partial charge in [0.05, 0.1) is 12.1 Å². The van der Waals surface area contributed by atoms with Crippen molar-refractivity contribution in [3.05, 3.63) is 65.7 Å². The molecule has 3 heterocycles. The van der Waals surface area contributed by atoms with Gasteiger partial charge in [-0.05, 0) is 48.4 Å². The maximum Gasteiger partial charge on any atom is 0.320 e. The molecule has 1 unspecified atom stereocenters. The van der Waals surface area contributed by atoms with E-state index in [4.69, 9.17) is 9.47 Å². The van der Waals surface area contributed by atoms with E-state index in [9.17, 15) is 14.0 Å². The quantitative estimate of drug-likeness (QED) is 0.665. The average Bonchev–Trinajstić information content (AvgIpc) is 2.93. The Labute approximate surface area is 211 Å². The molecule has 36 heavy (non-hydrogen) atoms. The highest BCUT2D eigenvalue weighted by atomic mass is 19.1. The summed E-state index contributed by atoms with van der Waals surface area (Å²) in [6.45, 7) is 2.23. The smallest absolute Gasteiger partial charge is 0.320 e. The van der Waals surface area contributed by atoms with Gasteiger partial charge in [0.1, 0.15) is 25.6 Å². The molecule has 0 aliphatic carbocycles. The number of halogens is 1. The average molecular weight is 496 g/mol. The Kier molecular flexibility index (Phi) is 7.70.